The Morgan fingerprint density at radius 1 is 1.03 bits per heavy atom. The molecule has 198 valence electrons. The van der Waals surface area contributed by atoms with E-state index in [1.165, 1.54) is 11.0 Å². The molecule has 0 aromatic heterocycles. The first-order valence-corrected chi connectivity index (χ1v) is 13.8. The maximum atomic E-state index is 13.7. The lowest BCUT2D eigenvalue weighted by Crippen LogP contribution is -2.49. The summed E-state index contributed by atoms with van der Waals surface area (Å²) >= 11 is 12.2. The fourth-order valence-corrected chi connectivity index (χ4v) is 4.89. The molecule has 2 rings (SSSR count). The molecule has 1 atom stereocenters. The van der Waals surface area contributed by atoms with Crippen LogP contribution in [0.3, 0.4) is 0 Å². The molecule has 0 saturated heterocycles. The van der Waals surface area contributed by atoms with Gasteiger partial charge in [-0.1, -0.05) is 29.3 Å². The van der Waals surface area contributed by atoms with Crippen molar-refractivity contribution in [2.24, 2.45) is 0 Å². The van der Waals surface area contributed by atoms with Gasteiger partial charge in [-0.15, -0.1) is 0 Å². The van der Waals surface area contributed by atoms with Crippen molar-refractivity contribution in [1.82, 2.24) is 10.2 Å². The van der Waals surface area contributed by atoms with Crippen molar-refractivity contribution in [3.05, 3.63) is 63.6 Å². The molecule has 1 N–H and O–H groups in total. The van der Waals surface area contributed by atoms with Crippen LogP contribution in [0.1, 0.15) is 39.2 Å². The molecule has 0 fully saturated rings. The van der Waals surface area contributed by atoms with Gasteiger partial charge in [0.2, 0.25) is 21.8 Å². The van der Waals surface area contributed by atoms with Crippen molar-refractivity contribution < 1.29 is 26.8 Å². The number of amides is 2. The molecule has 0 aliphatic rings. The summed E-state index contributed by atoms with van der Waals surface area (Å²) in [7, 11) is -3.84. The van der Waals surface area contributed by atoms with Crippen LogP contribution in [0.4, 0.5) is 14.5 Å². The standard InChI is InChI=1S/C24H29Cl2F2N3O4S/c1-15(2)29-24(33)16(3)30(14-17-7-8-18(25)12-20(17)26)23(32)6-5-11-31(36(4,34)35)19-9-10-21(27)22(28)13-19/h7-10,12-13,15-16H,5-6,11,14H2,1-4H3,(H,29,33)/t16-/m1/s1. The van der Waals surface area contributed by atoms with Gasteiger partial charge in [0.1, 0.15) is 6.04 Å². The average molecular weight is 564 g/mol. The fraction of sp³-hybridized carbons (Fsp3) is 0.417. The van der Waals surface area contributed by atoms with Crippen LogP contribution < -0.4 is 9.62 Å². The van der Waals surface area contributed by atoms with E-state index in [9.17, 15) is 26.8 Å². The Labute approximate surface area is 220 Å². The molecule has 0 radical (unpaired) electrons. The van der Waals surface area contributed by atoms with E-state index in [1.807, 2.05) is 0 Å². The van der Waals surface area contributed by atoms with Gasteiger partial charge in [0, 0.05) is 41.7 Å². The normalized spacial score (nSPS) is 12.4. The van der Waals surface area contributed by atoms with E-state index >= 15 is 0 Å². The number of carbonyl (C=O) groups is 2. The topological polar surface area (TPSA) is 86.8 Å². The Morgan fingerprint density at radius 2 is 1.69 bits per heavy atom. The molecule has 0 heterocycles. The second kappa shape index (κ2) is 12.7. The smallest absolute Gasteiger partial charge is 0.242 e. The third kappa shape index (κ3) is 8.31. The largest absolute Gasteiger partial charge is 0.352 e. The third-order valence-corrected chi connectivity index (χ3v) is 7.08. The van der Waals surface area contributed by atoms with E-state index in [-0.39, 0.29) is 43.6 Å². The predicted molar refractivity (Wildman–Crippen MR) is 138 cm³/mol. The minimum Gasteiger partial charge on any atom is -0.352 e. The number of sulfonamides is 1. The number of nitrogens with one attached hydrogen (secondary N) is 1. The molecule has 0 bridgehead atoms. The van der Waals surface area contributed by atoms with Crippen molar-refractivity contribution in [3.63, 3.8) is 0 Å². The Morgan fingerprint density at radius 3 is 2.25 bits per heavy atom. The highest BCUT2D eigenvalue weighted by Crippen LogP contribution is 2.24. The quantitative estimate of drug-likeness (QED) is 0.427. The molecule has 2 amide bonds. The van der Waals surface area contributed by atoms with E-state index < -0.39 is 33.6 Å². The van der Waals surface area contributed by atoms with E-state index in [0.29, 0.717) is 15.6 Å². The predicted octanol–water partition coefficient (Wildman–Crippen LogP) is 4.76. The second-order valence-electron chi connectivity index (χ2n) is 8.63. The summed E-state index contributed by atoms with van der Waals surface area (Å²) in [6.45, 7) is 5.05. The molecule has 0 saturated carbocycles. The van der Waals surface area contributed by atoms with Gasteiger partial charge >= 0.3 is 0 Å². The van der Waals surface area contributed by atoms with E-state index in [1.54, 1.807) is 32.9 Å². The SMILES string of the molecule is CC(C)NC(=O)[C@@H](C)N(Cc1ccc(Cl)cc1Cl)C(=O)CCCN(c1ccc(F)c(F)c1)S(C)(=O)=O. The van der Waals surface area contributed by atoms with Crippen molar-refractivity contribution in [3.8, 4) is 0 Å². The fourth-order valence-electron chi connectivity index (χ4n) is 3.47. The highest BCUT2D eigenvalue weighted by molar-refractivity contribution is 7.92. The molecule has 0 unspecified atom stereocenters. The average Bonchev–Trinajstić information content (AvgIpc) is 2.76. The first kappa shape index (κ1) is 29.8. The molecule has 36 heavy (non-hydrogen) atoms. The molecule has 0 aliphatic carbocycles. The maximum Gasteiger partial charge on any atom is 0.242 e. The summed E-state index contributed by atoms with van der Waals surface area (Å²) in [5.74, 6) is -3.06. The highest BCUT2D eigenvalue weighted by Gasteiger charge is 2.27. The van der Waals surface area contributed by atoms with Crippen LogP contribution in [0.15, 0.2) is 36.4 Å². The van der Waals surface area contributed by atoms with Crippen molar-refractivity contribution >= 4 is 50.7 Å². The van der Waals surface area contributed by atoms with Crippen molar-refractivity contribution in [1.29, 1.82) is 0 Å². The number of hydrogen-bond acceptors (Lipinski definition) is 4. The van der Waals surface area contributed by atoms with Crippen LogP contribution in [0.5, 0.6) is 0 Å². The van der Waals surface area contributed by atoms with E-state index in [0.717, 1.165) is 28.8 Å². The lowest BCUT2D eigenvalue weighted by atomic mass is 10.1. The van der Waals surface area contributed by atoms with E-state index in [4.69, 9.17) is 23.2 Å². The summed E-state index contributed by atoms with van der Waals surface area (Å²) in [6.07, 6.45) is 0.887. The first-order chi connectivity index (χ1) is 16.7. The van der Waals surface area contributed by atoms with Crippen molar-refractivity contribution in [2.75, 3.05) is 17.1 Å². The molecule has 2 aromatic rings. The van der Waals surface area contributed by atoms with Gasteiger partial charge < -0.3 is 10.2 Å². The first-order valence-electron chi connectivity index (χ1n) is 11.2. The number of anilines is 1. The summed E-state index contributed by atoms with van der Waals surface area (Å²) in [5.41, 5.74) is 0.525. The number of halogens is 4. The van der Waals surface area contributed by atoms with Gasteiger partial charge in [-0.25, -0.2) is 17.2 Å². The lowest BCUT2D eigenvalue weighted by Gasteiger charge is -2.30. The number of rotatable bonds is 11. The third-order valence-electron chi connectivity index (χ3n) is 5.30. The molecular formula is C24H29Cl2F2N3O4S. The summed E-state index contributed by atoms with van der Waals surface area (Å²) < 4.78 is 52.5. The van der Waals surface area contributed by atoms with Crippen LogP contribution in [-0.4, -0.2) is 50.0 Å². The van der Waals surface area contributed by atoms with Gasteiger partial charge in [-0.05, 0) is 57.0 Å². The van der Waals surface area contributed by atoms with Crippen LogP contribution in [0.2, 0.25) is 10.0 Å². The number of benzene rings is 2. The summed E-state index contributed by atoms with van der Waals surface area (Å²) in [5, 5.41) is 3.53. The summed E-state index contributed by atoms with van der Waals surface area (Å²) in [6, 6.07) is 6.59. The minimum absolute atomic E-state index is 0.0283. The van der Waals surface area contributed by atoms with Crippen LogP contribution in [0.25, 0.3) is 0 Å². The molecule has 0 aliphatic heterocycles. The molecule has 12 heteroatoms. The highest BCUT2D eigenvalue weighted by atomic mass is 35.5. The number of hydrogen-bond donors (Lipinski definition) is 1. The Hall–Kier alpha value is -2.43. The van der Waals surface area contributed by atoms with Gasteiger partial charge in [0.05, 0.1) is 11.9 Å². The monoisotopic (exact) mass is 563 g/mol. The minimum atomic E-state index is -3.84. The zero-order valence-corrected chi connectivity index (χ0v) is 22.7. The van der Waals surface area contributed by atoms with Gasteiger partial charge in [0.25, 0.3) is 0 Å². The Kier molecular flexibility index (Phi) is 10.5. The van der Waals surface area contributed by atoms with Crippen LogP contribution >= 0.6 is 23.2 Å². The zero-order chi connectivity index (χ0) is 27.2. The summed E-state index contributed by atoms with van der Waals surface area (Å²) in [4.78, 5) is 27.3. The number of carbonyl (C=O) groups excluding carboxylic acids is 2. The number of nitrogens with zero attached hydrogens (tertiary/aromatic N) is 2. The van der Waals surface area contributed by atoms with Crippen molar-refractivity contribution in [2.45, 2.75) is 52.2 Å². The van der Waals surface area contributed by atoms with Crippen LogP contribution in [0, 0.1) is 11.6 Å². The zero-order valence-electron chi connectivity index (χ0n) is 20.4. The molecule has 0 spiro atoms. The van der Waals surface area contributed by atoms with E-state index in [2.05, 4.69) is 5.32 Å². The van der Waals surface area contributed by atoms with Crippen LogP contribution in [-0.2, 0) is 26.2 Å². The second-order valence-corrected chi connectivity index (χ2v) is 11.4. The Balaban J connectivity index is 2.22. The molecular weight excluding hydrogens is 535 g/mol. The van der Waals surface area contributed by atoms with Gasteiger partial charge in [-0.3, -0.25) is 13.9 Å². The maximum absolute atomic E-state index is 13.7. The lowest BCUT2D eigenvalue weighted by molar-refractivity contribution is -0.140. The van der Waals surface area contributed by atoms with Gasteiger partial charge in [0.15, 0.2) is 11.6 Å². The Bertz CT molecular complexity index is 1210. The molecule has 7 nitrogen and oxygen atoms in total. The van der Waals surface area contributed by atoms with Gasteiger partial charge in [-0.2, -0.15) is 0 Å². The molecule has 2 aromatic carbocycles.